The maximum Gasteiger partial charge on any atom is 0.276 e. The van der Waals surface area contributed by atoms with Crippen molar-refractivity contribution in [1.29, 1.82) is 0 Å². The van der Waals surface area contributed by atoms with Crippen LogP contribution in [0.25, 0.3) is 11.5 Å². The fourth-order valence-corrected chi connectivity index (χ4v) is 3.34. The van der Waals surface area contributed by atoms with E-state index in [2.05, 4.69) is 52.1 Å². The number of ether oxygens (including phenoxy) is 1. The molecule has 0 amide bonds. The summed E-state index contributed by atoms with van der Waals surface area (Å²) < 4.78 is 12.5. The van der Waals surface area contributed by atoms with E-state index < -0.39 is 0 Å². The summed E-state index contributed by atoms with van der Waals surface area (Å²) in [7, 11) is 0. The molecular formula is C18H17BrN2O2S. The van der Waals surface area contributed by atoms with E-state index in [1.54, 1.807) is 0 Å². The third kappa shape index (κ3) is 3.99. The van der Waals surface area contributed by atoms with Crippen LogP contribution in [0.15, 0.2) is 56.6 Å². The molecule has 3 rings (SSSR count). The Kier molecular flexibility index (Phi) is 5.58. The lowest BCUT2D eigenvalue weighted by Gasteiger charge is -2.10. The topological polar surface area (TPSA) is 48.2 Å². The summed E-state index contributed by atoms with van der Waals surface area (Å²) in [5.41, 5.74) is 3.19. The van der Waals surface area contributed by atoms with Crippen LogP contribution in [0.5, 0.6) is 5.75 Å². The van der Waals surface area contributed by atoms with Crippen LogP contribution in [-0.2, 0) is 0 Å². The van der Waals surface area contributed by atoms with E-state index in [1.807, 2.05) is 30.3 Å². The Morgan fingerprint density at radius 1 is 1.04 bits per heavy atom. The van der Waals surface area contributed by atoms with Gasteiger partial charge in [-0.05, 0) is 53.0 Å². The van der Waals surface area contributed by atoms with Crippen molar-refractivity contribution in [1.82, 2.24) is 10.2 Å². The summed E-state index contributed by atoms with van der Waals surface area (Å²) in [5.74, 6) is 2.21. The summed E-state index contributed by atoms with van der Waals surface area (Å²) in [4.78, 5) is 0. The second kappa shape index (κ2) is 7.85. The smallest absolute Gasteiger partial charge is 0.276 e. The van der Waals surface area contributed by atoms with Gasteiger partial charge < -0.3 is 9.15 Å². The predicted molar refractivity (Wildman–Crippen MR) is 99.6 cm³/mol. The van der Waals surface area contributed by atoms with Crippen molar-refractivity contribution in [2.75, 3.05) is 12.4 Å². The molecule has 6 heteroatoms. The minimum absolute atomic E-state index is 0.514. The Bertz CT molecular complexity index is 815. The van der Waals surface area contributed by atoms with Crippen LogP contribution in [0.1, 0.15) is 11.1 Å². The molecule has 0 N–H and O–H groups in total. The van der Waals surface area contributed by atoms with Gasteiger partial charge in [0.2, 0.25) is 5.89 Å². The van der Waals surface area contributed by atoms with Crippen LogP contribution in [0.3, 0.4) is 0 Å². The number of hydrogen-bond acceptors (Lipinski definition) is 5. The van der Waals surface area contributed by atoms with Gasteiger partial charge in [-0.25, -0.2) is 0 Å². The molecule has 2 aromatic carbocycles. The van der Waals surface area contributed by atoms with Crippen molar-refractivity contribution < 1.29 is 9.15 Å². The maximum absolute atomic E-state index is 5.88. The van der Waals surface area contributed by atoms with Crippen molar-refractivity contribution in [2.24, 2.45) is 0 Å². The number of nitrogens with zero attached hydrogens (tertiary/aromatic N) is 2. The van der Waals surface area contributed by atoms with Gasteiger partial charge in [0.1, 0.15) is 5.75 Å². The van der Waals surface area contributed by atoms with Crippen LogP contribution in [0.4, 0.5) is 0 Å². The molecule has 1 heterocycles. The van der Waals surface area contributed by atoms with E-state index in [-0.39, 0.29) is 0 Å². The van der Waals surface area contributed by atoms with E-state index >= 15 is 0 Å². The number of benzene rings is 2. The van der Waals surface area contributed by atoms with E-state index in [0.717, 1.165) is 32.7 Å². The number of aryl methyl sites for hydroxylation is 2. The molecule has 0 aliphatic carbocycles. The normalized spacial score (nSPS) is 10.8. The monoisotopic (exact) mass is 404 g/mol. The highest BCUT2D eigenvalue weighted by atomic mass is 79.9. The SMILES string of the molecule is Cc1cccc(C)c1OCCSc1nnc(-c2ccccc2Br)o1. The van der Waals surface area contributed by atoms with E-state index in [0.29, 0.717) is 17.7 Å². The van der Waals surface area contributed by atoms with Gasteiger partial charge in [0.15, 0.2) is 0 Å². The molecule has 0 saturated carbocycles. The third-order valence-corrected chi connectivity index (χ3v) is 4.95. The predicted octanol–water partition coefficient (Wildman–Crippen LogP) is 5.29. The summed E-state index contributed by atoms with van der Waals surface area (Å²) in [5, 5.41) is 8.73. The number of thioether (sulfide) groups is 1. The number of hydrogen-bond donors (Lipinski definition) is 0. The first kappa shape index (κ1) is 17.0. The van der Waals surface area contributed by atoms with Gasteiger partial charge in [-0.1, -0.05) is 42.1 Å². The lowest BCUT2D eigenvalue weighted by atomic mass is 10.1. The molecule has 0 aliphatic heterocycles. The molecule has 0 radical (unpaired) electrons. The molecule has 3 aromatic rings. The zero-order valence-electron chi connectivity index (χ0n) is 13.5. The zero-order valence-corrected chi connectivity index (χ0v) is 15.9. The molecule has 0 atom stereocenters. The molecule has 1 aromatic heterocycles. The second-order valence-corrected chi connectivity index (χ2v) is 7.17. The minimum atomic E-state index is 0.514. The van der Waals surface area contributed by atoms with Gasteiger partial charge in [-0.3, -0.25) is 0 Å². The highest BCUT2D eigenvalue weighted by molar-refractivity contribution is 9.10. The van der Waals surface area contributed by atoms with Gasteiger partial charge >= 0.3 is 0 Å². The first-order valence-corrected chi connectivity index (χ1v) is 9.33. The van der Waals surface area contributed by atoms with Crippen LogP contribution in [-0.4, -0.2) is 22.6 Å². The summed E-state index contributed by atoms with van der Waals surface area (Å²) >= 11 is 4.98. The summed E-state index contributed by atoms with van der Waals surface area (Å²) in [6, 6.07) is 13.9. The fraction of sp³-hybridized carbons (Fsp3) is 0.222. The van der Waals surface area contributed by atoms with Crippen molar-refractivity contribution in [2.45, 2.75) is 19.1 Å². The number of rotatable bonds is 6. The molecule has 124 valence electrons. The van der Waals surface area contributed by atoms with Gasteiger partial charge in [0.05, 0.1) is 12.2 Å². The second-order valence-electron chi connectivity index (χ2n) is 5.27. The highest BCUT2D eigenvalue weighted by Gasteiger charge is 2.11. The van der Waals surface area contributed by atoms with Gasteiger partial charge in [-0.2, -0.15) is 0 Å². The Morgan fingerprint density at radius 3 is 2.54 bits per heavy atom. The van der Waals surface area contributed by atoms with E-state index in [4.69, 9.17) is 9.15 Å². The van der Waals surface area contributed by atoms with Gasteiger partial charge in [-0.15, -0.1) is 10.2 Å². The van der Waals surface area contributed by atoms with Gasteiger partial charge in [0, 0.05) is 10.2 Å². The largest absolute Gasteiger partial charge is 0.492 e. The third-order valence-electron chi connectivity index (χ3n) is 3.47. The van der Waals surface area contributed by atoms with Crippen LogP contribution >= 0.6 is 27.7 Å². The first-order valence-electron chi connectivity index (χ1n) is 7.55. The summed E-state index contributed by atoms with van der Waals surface area (Å²) in [6.45, 7) is 4.69. The standard InChI is InChI=1S/C18H17BrN2O2S/c1-12-6-5-7-13(2)16(12)22-10-11-24-18-21-20-17(23-18)14-8-3-4-9-15(14)19/h3-9H,10-11H2,1-2H3. The summed E-state index contributed by atoms with van der Waals surface area (Å²) in [6.07, 6.45) is 0. The Labute approximate surface area is 153 Å². The van der Waals surface area contributed by atoms with Crippen molar-refractivity contribution in [3.63, 3.8) is 0 Å². The Balaban J connectivity index is 1.56. The average molecular weight is 405 g/mol. The Morgan fingerprint density at radius 2 is 1.79 bits per heavy atom. The quantitative estimate of drug-likeness (QED) is 0.412. The van der Waals surface area contributed by atoms with E-state index in [9.17, 15) is 0 Å². The maximum atomic E-state index is 5.88. The molecule has 0 aliphatic rings. The van der Waals surface area contributed by atoms with E-state index in [1.165, 1.54) is 11.8 Å². The van der Waals surface area contributed by atoms with Crippen LogP contribution in [0, 0.1) is 13.8 Å². The minimum Gasteiger partial charge on any atom is -0.492 e. The average Bonchev–Trinajstić information content (AvgIpc) is 3.03. The molecule has 24 heavy (non-hydrogen) atoms. The molecule has 0 bridgehead atoms. The first-order chi connectivity index (χ1) is 11.6. The lowest BCUT2D eigenvalue weighted by Crippen LogP contribution is -2.02. The van der Waals surface area contributed by atoms with Crippen LogP contribution < -0.4 is 4.74 Å². The lowest BCUT2D eigenvalue weighted by molar-refractivity contribution is 0.338. The zero-order chi connectivity index (χ0) is 16.9. The molecule has 4 nitrogen and oxygen atoms in total. The van der Waals surface area contributed by atoms with Crippen LogP contribution in [0.2, 0.25) is 0 Å². The highest BCUT2D eigenvalue weighted by Crippen LogP contribution is 2.29. The molecule has 0 spiro atoms. The van der Waals surface area contributed by atoms with Crippen molar-refractivity contribution >= 4 is 27.7 Å². The fourth-order valence-electron chi connectivity index (χ4n) is 2.31. The number of halogens is 1. The Hall–Kier alpha value is -1.79. The number of aromatic nitrogens is 2. The number of para-hydroxylation sites is 1. The molecular weight excluding hydrogens is 388 g/mol. The van der Waals surface area contributed by atoms with Gasteiger partial charge in [0.25, 0.3) is 5.22 Å². The molecule has 0 unspecified atom stereocenters. The molecule has 0 fully saturated rings. The van der Waals surface area contributed by atoms with Crippen molar-refractivity contribution in [3.05, 3.63) is 58.1 Å². The molecule has 0 saturated heterocycles. The van der Waals surface area contributed by atoms with Crippen molar-refractivity contribution in [3.8, 4) is 17.2 Å².